The molecule has 2 rings (SSSR count). The summed E-state index contributed by atoms with van der Waals surface area (Å²) in [7, 11) is 2.17. The Morgan fingerprint density at radius 2 is 2.24 bits per heavy atom. The summed E-state index contributed by atoms with van der Waals surface area (Å²) < 4.78 is 0. The number of likely N-dealkylation sites (N-methyl/N-ethyl adjacent to an activating group) is 1. The molecule has 1 unspecified atom stereocenters. The van der Waals surface area contributed by atoms with Crippen LogP contribution in [0.1, 0.15) is 19.0 Å². The minimum atomic E-state index is -0.0498. The molecular weight excluding hydrogens is 216 g/mol. The van der Waals surface area contributed by atoms with Crippen molar-refractivity contribution in [2.24, 2.45) is 0 Å². The van der Waals surface area contributed by atoms with Crippen LogP contribution in [0.15, 0.2) is 12.4 Å². The molecule has 1 fully saturated rings. The smallest absolute Gasteiger partial charge is 0.147 e. The highest BCUT2D eigenvalue weighted by molar-refractivity contribution is 5.37. The lowest BCUT2D eigenvalue weighted by Gasteiger charge is -2.39. The van der Waals surface area contributed by atoms with Crippen LogP contribution >= 0.6 is 0 Å². The van der Waals surface area contributed by atoms with E-state index in [9.17, 15) is 0 Å². The normalized spacial score (nSPS) is 21.8. The molecule has 94 valence electrons. The summed E-state index contributed by atoms with van der Waals surface area (Å²) in [5.41, 5.74) is 0.634. The van der Waals surface area contributed by atoms with Gasteiger partial charge in [-0.2, -0.15) is 0 Å². The molecule has 0 radical (unpaired) electrons. The summed E-state index contributed by atoms with van der Waals surface area (Å²) in [6.07, 6.45) is 4.52. The zero-order valence-corrected chi connectivity index (χ0v) is 10.5. The number of piperazine rings is 1. The second-order valence-corrected chi connectivity index (χ2v) is 4.52. The van der Waals surface area contributed by atoms with Crippen LogP contribution in [-0.2, 0) is 6.61 Å². The number of anilines is 1. The van der Waals surface area contributed by atoms with Gasteiger partial charge in [-0.05, 0) is 13.5 Å². The van der Waals surface area contributed by atoms with Crippen LogP contribution < -0.4 is 4.90 Å². The van der Waals surface area contributed by atoms with E-state index in [0.29, 0.717) is 11.7 Å². The second kappa shape index (κ2) is 5.42. The van der Waals surface area contributed by atoms with Crippen LogP contribution in [0.5, 0.6) is 0 Å². The Kier molecular flexibility index (Phi) is 3.91. The molecule has 5 heteroatoms. The number of nitrogens with zero attached hydrogens (tertiary/aromatic N) is 4. The van der Waals surface area contributed by atoms with Gasteiger partial charge < -0.3 is 10.0 Å². The van der Waals surface area contributed by atoms with Gasteiger partial charge >= 0.3 is 0 Å². The first-order valence-corrected chi connectivity index (χ1v) is 6.11. The molecule has 0 saturated carbocycles. The van der Waals surface area contributed by atoms with Crippen LogP contribution in [0, 0.1) is 0 Å². The first-order chi connectivity index (χ1) is 8.24. The molecule has 17 heavy (non-hydrogen) atoms. The minimum absolute atomic E-state index is 0.0498. The van der Waals surface area contributed by atoms with Crippen molar-refractivity contribution < 1.29 is 5.11 Å². The van der Waals surface area contributed by atoms with Gasteiger partial charge in [0.2, 0.25) is 0 Å². The standard InChI is InChI=1S/C12H20N4O/c1-3-11-8-16(5-4-15(11)2)12-7-13-6-10(9-17)14-12/h6-7,11,17H,3-5,8-9H2,1-2H3. The molecule has 0 spiro atoms. The van der Waals surface area contributed by atoms with Gasteiger partial charge in [0.15, 0.2) is 0 Å². The molecule has 0 aliphatic carbocycles. The predicted molar refractivity (Wildman–Crippen MR) is 66.9 cm³/mol. The molecule has 0 aromatic carbocycles. The molecule has 1 aliphatic heterocycles. The number of hydrogen-bond donors (Lipinski definition) is 1. The maximum atomic E-state index is 9.07. The monoisotopic (exact) mass is 236 g/mol. The lowest BCUT2D eigenvalue weighted by Crippen LogP contribution is -2.51. The zero-order valence-electron chi connectivity index (χ0n) is 10.5. The van der Waals surface area contributed by atoms with Crippen LogP contribution in [0.25, 0.3) is 0 Å². The summed E-state index contributed by atoms with van der Waals surface area (Å²) >= 11 is 0. The van der Waals surface area contributed by atoms with E-state index in [1.165, 1.54) is 0 Å². The van der Waals surface area contributed by atoms with Crippen molar-refractivity contribution in [1.82, 2.24) is 14.9 Å². The average molecular weight is 236 g/mol. The molecule has 1 aromatic heterocycles. The molecular formula is C12H20N4O. The van der Waals surface area contributed by atoms with Gasteiger partial charge in [0.05, 0.1) is 24.7 Å². The van der Waals surface area contributed by atoms with Crippen molar-refractivity contribution >= 4 is 5.82 Å². The van der Waals surface area contributed by atoms with Gasteiger partial charge in [0, 0.05) is 25.7 Å². The second-order valence-electron chi connectivity index (χ2n) is 4.52. The number of hydrogen-bond acceptors (Lipinski definition) is 5. The number of aliphatic hydroxyl groups is 1. The van der Waals surface area contributed by atoms with Gasteiger partial charge in [-0.3, -0.25) is 9.88 Å². The van der Waals surface area contributed by atoms with E-state index in [0.717, 1.165) is 31.9 Å². The van der Waals surface area contributed by atoms with Crippen molar-refractivity contribution in [3.63, 3.8) is 0 Å². The molecule has 0 bridgehead atoms. The predicted octanol–water partition coefficient (Wildman–Crippen LogP) is 0.499. The van der Waals surface area contributed by atoms with E-state index < -0.39 is 0 Å². The van der Waals surface area contributed by atoms with Crippen LogP contribution in [0.2, 0.25) is 0 Å². The Hall–Kier alpha value is -1.20. The third-order valence-electron chi connectivity index (χ3n) is 3.41. The Morgan fingerprint density at radius 1 is 1.41 bits per heavy atom. The lowest BCUT2D eigenvalue weighted by atomic mass is 10.1. The highest BCUT2D eigenvalue weighted by Gasteiger charge is 2.23. The molecule has 1 aliphatic rings. The van der Waals surface area contributed by atoms with Crippen molar-refractivity contribution in [2.45, 2.75) is 26.0 Å². The van der Waals surface area contributed by atoms with Crippen molar-refractivity contribution in [3.05, 3.63) is 18.1 Å². The third kappa shape index (κ3) is 2.73. The number of rotatable bonds is 3. The van der Waals surface area contributed by atoms with Gasteiger partial charge in [-0.1, -0.05) is 6.92 Å². The Labute approximate surface area is 102 Å². The molecule has 1 atom stereocenters. The molecule has 2 heterocycles. The summed E-state index contributed by atoms with van der Waals surface area (Å²) in [5, 5.41) is 9.07. The number of aliphatic hydroxyl groups excluding tert-OH is 1. The zero-order chi connectivity index (χ0) is 12.3. The summed E-state index contributed by atoms with van der Waals surface area (Å²) in [6, 6.07) is 0.573. The van der Waals surface area contributed by atoms with Gasteiger partial charge in [-0.15, -0.1) is 0 Å². The summed E-state index contributed by atoms with van der Waals surface area (Å²) in [4.78, 5) is 13.2. The fraction of sp³-hybridized carbons (Fsp3) is 0.667. The van der Waals surface area contributed by atoms with Crippen LogP contribution in [0.3, 0.4) is 0 Å². The fourth-order valence-electron chi connectivity index (χ4n) is 2.22. The Balaban J connectivity index is 2.11. The van der Waals surface area contributed by atoms with Crippen molar-refractivity contribution in [3.8, 4) is 0 Å². The quantitative estimate of drug-likeness (QED) is 0.828. The van der Waals surface area contributed by atoms with E-state index in [1.807, 2.05) is 0 Å². The molecule has 5 nitrogen and oxygen atoms in total. The Morgan fingerprint density at radius 3 is 2.94 bits per heavy atom. The molecule has 1 saturated heterocycles. The molecule has 1 aromatic rings. The SMILES string of the molecule is CCC1CN(c2cncc(CO)n2)CCN1C. The van der Waals surface area contributed by atoms with E-state index >= 15 is 0 Å². The lowest BCUT2D eigenvalue weighted by molar-refractivity contribution is 0.212. The maximum absolute atomic E-state index is 9.07. The van der Waals surface area contributed by atoms with Crippen molar-refractivity contribution in [1.29, 1.82) is 0 Å². The van der Waals surface area contributed by atoms with E-state index in [1.54, 1.807) is 12.4 Å². The highest BCUT2D eigenvalue weighted by atomic mass is 16.3. The molecule has 0 amide bonds. The summed E-state index contributed by atoms with van der Waals surface area (Å²) in [6.45, 7) is 5.16. The van der Waals surface area contributed by atoms with Crippen LogP contribution in [-0.4, -0.2) is 52.7 Å². The average Bonchev–Trinajstić information content (AvgIpc) is 2.39. The van der Waals surface area contributed by atoms with Gasteiger partial charge in [-0.25, -0.2) is 4.98 Å². The molecule has 1 N–H and O–H groups in total. The fourth-order valence-corrected chi connectivity index (χ4v) is 2.22. The topological polar surface area (TPSA) is 52.5 Å². The maximum Gasteiger partial charge on any atom is 0.147 e. The minimum Gasteiger partial charge on any atom is -0.390 e. The third-order valence-corrected chi connectivity index (χ3v) is 3.41. The number of aromatic nitrogens is 2. The van der Waals surface area contributed by atoms with E-state index in [2.05, 4.69) is 33.7 Å². The largest absolute Gasteiger partial charge is 0.390 e. The Bertz CT molecular complexity index is 371. The van der Waals surface area contributed by atoms with Gasteiger partial charge in [0.1, 0.15) is 5.82 Å². The summed E-state index contributed by atoms with van der Waals surface area (Å²) in [5.74, 6) is 0.878. The van der Waals surface area contributed by atoms with E-state index in [4.69, 9.17) is 5.11 Å². The van der Waals surface area contributed by atoms with Crippen molar-refractivity contribution in [2.75, 3.05) is 31.6 Å². The highest BCUT2D eigenvalue weighted by Crippen LogP contribution is 2.17. The van der Waals surface area contributed by atoms with Crippen LogP contribution in [0.4, 0.5) is 5.82 Å². The van der Waals surface area contributed by atoms with E-state index in [-0.39, 0.29) is 6.61 Å². The van der Waals surface area contributed by atoms with Gasteiger partial charge in [0.25, 0.3) is 0 Å². The first-order valence-electron chi connectivity index (χ1n) is 6.11. The first kappa shape index (κ1) is 12.3.